The summed E-state index contributed by atoms with van der Waals surface area (Å²) in [6.45, 7) is 2.20. The molecule has 0 bridgehead atoms. The van der Waals surface area contributed by atoms with Crippen molar-refractivity contribution in [3.05, 3.63) is 28.0 Å². The van der Waals surface area contributed by atoms with Gasteiger partial charge in [0.2, 0.25) is 0 Å². The molecule has 76 valence electrons. The van der Waals surface area contributed by atoms with Gasteiger partial charge < -0.3 is 11.1 Å². The Morgan fingerprint density at radius 2 is 2.29 bits per heavy atom. The number of pyridine rings is 1. The zero-order valence-corrected chi connectivity index (χ0v) is 8.12. The molecule has 3 N–H and O–H groups in total. The summed E-state index contributed by atoms with van der Waals surface area (Å²) in [6, 6.07) is 3.41. The smallest absolute Gasteiger partial charge is 0.252 e. The van der Waals surface area contributed by atoms with Gasteiger partial charge in [-0.25, -0.2) is 0 Å². The fraction of sp³-hybridized carbons (Fsp3) is 0.500. The summed E-state index contributed by atoms with van der Waals surface area (Å²) < 4.78 is 1.79. The zero-order valence-electron chi connectivity index (χ0n) is 8.12. The maximum Gasteiger partial charge on any atom is 0.252 e. The van der Waals surface area contributed by atoms with E-state index in [1.165, 1.54) is 0 Å². The molecule has 0 fully saturated rings. The molecule has 0 unspecified atom stereocenters. The van der Waals surface area contributed by atoms with Crippen molar-refractivity contribution in [1.82, 2.24) is 4.57 Å². The summed E-state index contributed by atoms with van der Waals surface area (Å²) in [5.74, 6) is 0.914. The summed E-state index contributed by atoms with van der Waals surface area (Å²) >= 11 is 0. The average Bonchev–Trinajstić information content (AvgIpc) is 2.44. The highest BCUT2D eigenvalue weighted by molar-refractivity contribution is 5.45. The first-order chi connectivity index (χ1) is 6.83. The van der Waals surface area contributed by atoms with Crippen LogP contribution in [0.2, 0.25) is 0 Å². The van der Waals surface area contributed by atoms with E-state index in [4.69, 9.17) is 5.73 Å². The number of nitrogens with zero attached hydrogens (tertiary/aromatic N) is 1. The molecule has 0 aromatic carbocycles. The average molecular weight is 193 g/mol. The van der Waals surface area contributed by atoms with Crippen molar-refractivity contribution in [2.45, 2.75) is 25.9 Å². The van der Waals surface area contributed by atoms with Crippen molar-refractivity contribution in [3.63, 3.8) is 0 Å². The fourth-order valence-corrected chi connectivity index (χ4v) is 1.82. The lowest BCUT2D eigenvalue weighted by Crippen LogP contribution is -2.23. The van der Waals surface area contributed by atoms with E-state index in [0.717, 1.165) is 37.3 Å². The van der Waals surface area contributed by atoms with Crippen molar-refractivity contribution < 1.29 is 0 Å². The minimum atomic E-state index is 0.0617. The van der Waals surface area contributed by atoms with Gasteiger partial charge in [0.1, 0.15) is 5.82 Å². The Morgan fingerprint density at radius 1 is 1.43 bits per heavy atom. The second-order valence-electron chi connectivity index (χ2n) is 3.54. The second kappa shape index (κ2) is 3.84. The van der Waals surface area contributed by atoms with E-state index in [9.17, 15) is 4.79 Å². The molecule has 2 rings (SSSR count). The topological polar surface area (TPSA) is 60.1 Å². The minimum absolute atomic E-state index is 0.0617. The van der Waals surface area contributed by atoms with Crippen molar-refractivity contribution in [2.75, 3.05) is 11.9 Å². The molecule has 0 saturated carbocycles. The van der Waals surface area contributed by atoms with Crippen LogP contribution in [0.1, 0.15) is 18.4 Å². The highest BCUT2D eigenvalue weighted by atomic mass is 16.1. The Labute approximate surface area is 82.7 Å². The molecule has 1 aliphatic rings. The lowest BCUT2D eigenvalue weighted by molar-refractivity contribution is 0.635. The van der Waals surface area contributed by atoms with Crippen LogP contribution < -0.4 is 16.6 Å². The van der Waals surface area contributed by atoms with Crippen molar-refractivity contribution >= 4 is 5.82 Å². The molecular weight excluding hydrogens is 178 g/mol. The first kappa shape index (κ1) is 9.27. The summed E-state index contributed by atoms with van der Waals surface area (Å²) in [5, 5.41) is 3.27. The van der Waals surface area contributed by atoms with E-state index < -0.39 is 0 Å². The van der Waals surface area contributed by atoms with Crippen LogP contribution in [-0.2, 0) is 13.1 Å². The van der Waals surface area contributed by atoms with Crippen LogP contribution >= 0.6 is 0 Å². The quantitative estimate of drug-likeness (QED) is 0.683. The summed E-state index contributed by atoms with van der Waals surface area (Å²) in [6.07, 6.45) is 2.15. The number of hydrogen-bond donors (Lipinski definition) is 2. The van der Waals surface area contributed by atoms with Gasteiger partial charge in [-0.05, 0) is 18.9 Å². The van der Waals surface area contributed by atoms with Crippen LogP contribution in [-0.4, -0.2) is 11.1 Å². The van der Waals surface area contributed by atoms with Gasteiger partial charge in [0.15, 0.2) is 0 Å². The molecule has 2 heterocycles. The third-order valence-electron chi connectivity index (χ3n) is 2.59. The molecule has 0 spiro atoms. The molecule has 0 radical (unpaired) electrons. The Bertz CT molecular complexity index is 383. The number of fused-ring (bicyclic) bond motifs is 1. The number of anilines is 1. The van der Waals surface area contributed by atoms with Crippen LogP contribution in [0, 0.1) is 0 Å². The fourth-order valence-electron chi connectivity index (χ4n) is 1.82. The molecule has 1 aromatic rings. The van der Waals surface area contributed by atoms with Crippen molar-refractivity contribution in [2.24, 2.45) is 5.73 Å². The van der Waals surface area contributed by atoms with E-state index in [-0.39, 0.29) is 5.56 Å². The van der Waals surface area contributed by atoms with Gasteiger partial charge in [0.25, 0.3) is 5.56 Å². The van der Waals surface area contributed by atoms with E-state index in [2.05, 4.69) is 5.32 Å². The van der Waals surface area contributed by atoms with Crippen LogP contribution in [0.25, 0.3) is 0 Å². The third-order valence-corrected chi connectivity index (χ3v) is 2.59. The van der Waals surface area contributed by atoms with Gasteiger partial charge in [-0.3, -0.25) is 9.36 Å². The van der Waals surface area contributed by atoms with Crippen LogP contribution in [0.5, 0.6) is 0 Å². The van der Waals surface area contributed by atoms with E-state index >= 15 is 0 Å². The predicted molar refractivity (Wildman–Crippen MR) is 56.3 cm³/mol. The van der Waals surface area contributed by atoms with Crippen LogP contribution in [0.4, 0.5) is 5.82 Å². The highest BCUT2D eigenvalue weighted by Crippen LogP contribution is 2.16. The second-order valence-corrected chi connectivity index (χ2v) is 3.54. The van der Waals surface area contributed by atoms with E-state index in [1.807, 2.05) is 6.07 Å². The molecule has 1 aromatic heterocycles. The number of aromatic nitrogens is 1. The third kappa shape index (κ3) is 1.53. The maximum atomic E-state index is 11.6. The number of nitrogens with one attached hydrogen (secondary N) is 1. The van der Waals surface area contributed by atoms with Gasteiger partial charge in [0.05, 0.1) is 0 Å². The summed E-state index contributed by atoms with van der Waals surface area (Å²) in [5.41, 5.74) is 6.70. The Morgan fingerprint density at radius 3 is 3.07 bits per heavy atom. The van der Waals surface area contributed by atoms with Gasteiger partial charge in [-0.15, -0.1) is 0 Å². The van der Waals surface area contributed by atoms with E-state index in [0.29, 0.717) is 6.54 Å². The Balaban J connectivity index is 2.54. The van der Waals surface area contributed by atoms with Gasteiger partial charge in [-0.1, -0.05) is 0 Å². The Hall–Kier alpha value is -1.29. The molecule has 0 saturated heterocycles. The molecule has 0 amide bonds. The molecule has 4 nitrogen and oxygen atoms in total. The van der Waals surface area contributed by atoms with Crippen LogP contribution in [0.3, 0.4) is 0 Å². The van der Waals surface area contributed by atoms with Gasteiger partial charge in [0, 0.05) is 31.3 Å². The lowest BCUT2D eigenvalue weighted by atomic mass is 10.2. The predicted octanol–water partition coefficient (Wildman–Crippen LogP) is 0.513. The van der Waals surface area contributed by atoms with Crippen molar-refractivity contribution in [1.29, 1.82) is 0 Å². The van der Waals surface area contributed by atoms with Crippen molar-refractivity contribution in [3.8, 4) is 0 Å². The number of hydrogen-bond acceptors (Lipinski definition) is 3. The van der Waals surface area contributed by atoms with E-state index in [1.54, 1.807) is 10.6 Å². The molecule has 0 atom stereocenters. The number of nitrogens with two attached hydrogens (primary N) is 1. The largest absolute Gasteiger partial charge is 0.371 e. The normalized spacial score (nSPS) is 15.5. The molecular formula is C10H15N3O. The Kier molecular flexibility index (Phi) is 2.54. The zero-order chi connectivity index (χ0) is 9.97. The standard InChI is InChI=1S/C10H15N3O/c11-7-8-3-4-9(14)13-6-2-1-5-12-10(8)13/h3-4,12H,1-2,5-7,11H2. The monoisotopic (exact) mass is 193 g/mol. The lowest BCUT2D eigenvalue weighted by Gasteiger charge is -2.13. The molecule has 1 aliphatic heterocycles. The molecule has 0 aliphatic carbocycles. The van der Waals surface area contributed by atoms with Crippen LogP contribution in [0.15, 0.2) is 16.9 Å². The minimum Gasteiger partial charge on any atom is -0.371 e. The SMILES string of the molecule is NCc1ccc(=O)n2c1NCCCC2. The first-order valence-corrected chi connectivity index (χ1v) is 4.99. The highest BCUT2D eigenvalue weighted by Gasteiger charge is 2.11. The van der Waals surface area contributed by atoms with Gasteiger partial charge in [-0.2, -0.15) is 0 Å². The number of rotatable bonds is 1. The first-order valence-electron chi connectivity index (χ1n) is 4.99. The molecule has 14 heavy (non-hydrogen) atoms. The van der Waals surface area contributed by atoms with Gasteiger partial charge >= 0.3 is 0 Å². The summed E-state index contributed by atoms with van der Waals surface area (Å²) in [7, 11) is 0. The maximum absolute atomic E-state index is 11.6. The summed E-state index contributed by atoms with van der Waals surface area (Å²) in [4.78, 5) is 11.6. The molecule has 4 heteroatoms.